The van der Waals surface area contributed by atoms with Crippen LogP contribution in [0.3, 0.4) is 0 Å². The third-order valence-electron chi connectivity index (χ3n) is 4.18. The number of hydrogen-bond donors (Lipinski definition) is 1. The van der Waals surface area contributed by atoms with Gasteiger partial charge in [-0.25, -0.2) is 4.79 Å². The third kappa shape index (κ3) is 5.19. The molecule has 150 valence electrons. The zero-order chi connectivity index (χ0) is 20.5. The summed E-state index contributed by atoms with van der Waals surface area (Å²) in [6.07, 6.45) is 3.58. The van der Waals surface area contributed by atoms with Crippen molar-refractivity contribution in [2.45, 2.75) is 19.8 Å². The molecule has 0 saturated heterocycles. The molecule has 0 fully saturated rings. The first-order valence-electron chi connectivity index (χ1n) is 9.02. The van der Waals surface area contributed by atoms with E-state index in [9.17, 15) is 9.90 Å². The summed E-state index contributed by atoms with van der Waals surface area (Å²) in [5, 5.41) is 9.71. The van der Waals surface area contributed by atoms with Gasteiger partial charge in [-0.3, -0.25) is 0 Å². The van der Waals surface area contributed by atoms with Crippen molar-refractivity contribution < 1.29 is 28.8 Å². The van der Waals surface area contributed by atoms with Gasteiger partial charge in [0, 0.05) is 0 Å². The zero-order valence-corrected chi connectivity index (χ0v) is 16.7. The van der Waals surface area contributed by atoms with Gasteiger partial charge in [-0.1, -0.05) is 25.5 Å². The van der Waals surface area contributed by atoms with Crippen LogP contribution in [0.15, 0.2) is 36.4 Å². The maximum atomic E-state index is 11.9. The summed E-state index contributed by atoms with van der Waals surface area (Å²) in [4.78, 5) is 11.9. The van der Waals surface area contributed by atoms with Gasteiger partial charge in [-0.2, -0.15) is 0 Å². The lowest BCUT2D eigenvalue weighted by molar-refractivity contribution is -0.130. The standard InChI is InChI=1S/C22H26O6/c1-5-6-11-28-19-9-7-15(13-20(19)26-3)12-17(22(23)24)16-8-10-18(25-2)21(14-16)27-4/h7-10,12-14H,5-6,11H2,1-4H3,(H,23,24)/b17-12+. The predicted octanol–water partition coefficient (Wildman–Crippen LogP) is 4.52. The highest BCUT2D eigenvalue weighted by molar-refractivity contribution is 6.20. The fourth-order valence-corrected chi connectivity index (χ4v) is 2.66. The van der Waals surface area contributed by atoms with E-state index in [1.165, 1.54) is 14.2 Å². The fourth-order valence-electron chi connectivity index (χ4n) is 2.66. The number of benzene rings is 2. The molecule has 6 nitrogen and oxygen atoms in total. The Bertz CT molecular complexity index is 841. The van der Waals surface area contributed by atoms with Crippen molar-refractivity contribution in [1.29, 1.82) is 0 Å². The van der Waals surface area contributed by atoms with E-state index in [2.05, 4.69) is 6.92 Å². The van der Waals surface area contributed by atoms with Gasteiger partial charge < -0.3 is 24.1 Å². The Morgan fingerprint density at radius 3 is 2.18 bits per heavy atom. The van der Waals surface area contributed by atoms with Crippen molar-refractivity contribution in [3.05, 3.63) is 47.5 Å². The molecule has 0 aliphatic carbocycles. The summed E-state index contributed by atoms with van der Waals surface area (Å²) in [6.45, 7) is 2.70. The van der Waals surface area contributed by atoms with E-state index in [0.29, 0.717) is 40.7 Å². The van der Waals surface area contributed by atoms with E-state index in [1.54, 1.807) is 49.6 Å². The molecule has 6 heteroatoms. The number of ether oxygens (including phenoxy) is 4. The Labute approximate surface area is 165 Å². The molecule has 2 aromatic rings. The molecule has 2 rings (SSSR count). The maximum absolute atomic E-state index is 11.9. The van der Waals surface area contributed by atoms with E-state index in [1.807, 2.05) is 0 Å². The predicted molar refractivity (Wildman–Crippen MR) is 108 cm³/mol. The summed E-state index contributed by atoms with van der Waals surface area (Å²) < 4.78 is 21.6. The lowest BCUT2D eigenvalue weighted by Crippen LogP contribution is -2.01. The van der Waals surface area contributed by atoms with E-state index in [0.717, 1.165) is 12.8 Å². The van der Waals surface area contributed by atoms with Crippen molar-refractivity contribution in [3.8, 4) is 23.0 Å². The van der Waals surface area contributed by atoms with Crippen LogP contribution in [0.1, 0.15) is 30.9 Å². The SMILES string of the molecule is CCCCOc1ccc(/C=C(/C(=O)O)c2ccc(OC)c(OC)c2)cc1OC. The molecule has 0 atom stereocenters. The molecule has 1 N–H and O–H groups in total. The highest BCUT2D eigenvalue weighted by Crippen LogP contribution is 2.33. The first-order valence-corrected chi connectivity index (χ1v) is 9.02. The number of aliphatic carboxylic acids is 1. The smallest absolute Gasteiger partial charge is 0.336 e. The lowest BCUT2D eigenvalue weighted by Gasteiger charge is -2.12. The van der Waals surface area contributed by atoms with Crippen molar-refractivity contribution in [3.63, 3.8) is 0 Å². The molecule has 0 aromatic heterocycles. The van der Waals surface area contributed by atoms with E-state index >= 15 is 0 Å². The Morgan fingerprint density at radius 1 is 0.929 bits per heavy atom. The second kappa shape index (κ2) is 10.3. The van der Waals surface area contributed by atoms with E-state index < -0.39 is 5.97 Å². The average Bonchev–Trinajstić information content (AvgIpc) is 2.72. The van der Waals surface area contributed by atoms with Crippen LogP contribution < -0.4 is 18.9 Å². The van der Waals surface area contributed by atoms with Crippen molar-refractivity contribution in [2.75, 3.05) is 27.9 Å². The van der Waals surface area contributed by atoms with Gasteiger partial charge in [0.2, 0.25) is 0 Å². The first kappa shape index (κ1) is 21.2. The number of carboxylic acid groups (broad SMARTS) is 1. The molecular formula is C22H26O6. The van der Waals surface area contributed by atoms with Crippen LogP contribution >= 0.6 is 0 Å². The molecular weight excluding hydrogens is 360 g/mol. The van der Waals surface area contributed by atoms with Gasteiger partial charge in [-0.15, -0.1) is 0 Å². The summed E-state index contributed by atoms with van der Waals surface area (Å²) in [6, 6.07) is 10.3. The lowest BCUT2D eigenvalue weighted by atomic mass is 10.0. The molecule has 0 saturated carbocycles. The van der Waals surface area contributed by atoms with Gasteiger partial charge in [0.25, 0.3) is 0 Å². The minimum absolute atomic E-state index is 0.127. The van der Waals surface area contributed by atoms with Crippen LogP contribution in [0.25, 0.3) is 11.6 Å². The summed E-state index contributed by atoms with van der Waals surface area (Å²) in [5.41, 5.74) is 1.32. The molecule has 0 spiro atoms. The van der Waals surface area contributed by atoms with Gasteiger partial charge in [-0.05, 0) is 47.9 Å². The topological polar surface area (TPSA) is 74.2 Å². The van der Waals surface area contributed by atoms with Crippen LogP contribution in [0.5, 0.6) is 23.0 Å². The molecule has 0 aliphatic rings. The molecule has 0 amide bonds. The number of methoxy groups -OCH3 is 3. The van der Waals surface area contributed by atoms with Gasteiger partial charge in [0.05, 0.1) is 33.5 Å². The van der Waals surface area contributed by atoms with Crippen LogP contribution in [0.4, 0.5) is 0 Å². The fraction of sp³-hybridized carbons (Fsp3) is 0.318. The normalized spacial score (nSPS) is 11.1. The van der Waals surface area contributed by atoms with Crippen LogP contribution in [0, 0.1) is 0 Å². The van der Waals surface area contributed by atoms with Crippen LogP contribution in [-0.2, 0) is 4.79 Å². The molecule has 28 heavy (non-hydrogen) atoms. The second-order valence-electron chi connectivity index (χ2n) is 6.05. The van der Waals surface area contributed by atoms with Gasteiger partial charge in [0.15, 0.2) is 23.0 Å². The van der Waals surface area contributed by atoms with Crippen LogP contribution in [-0.4, -0.2) is 39.0 Å². The van der Waals surface area contributed by atoms with Gasteiger partial charge >= 0.3 is 5.97 Å². The molecule has 0 bridgehead atoms. The number of carbonyl (C=O) groups is 1. The van der Waals surface area contributed by atoms with E-state index in [4.69, 9.17) is 18.9 Å². The highest BCUT2D eigenvalue weighted by Gasteiger charge is 2.15. The van der Waals surface area contributed by atoms with Gasteiger partial charge in [0.1, 0.15) is 0 Å². The summed E-state index contributed by atoms with van der Waals surface area (Å²) in [5.74, 6) is 1.14. The molecule has 0 unspecified atom stereocenters. The first-order chi connectivity index (χ1) is 13.5. The van der Waals surface area contributed by atoms with Crippen molar-refractivity contribution in [2.24, 2.45) is 0 Å². The summed E-state index contributed by atoms with van der Waals surface area (Å²) >= 11 is 0. The zero-order valence-electron chi connectivity index (χ0n) is 16.7. The molecule has 0 radical (unpaired) electrons. The van der Waals surface area contributed by atoms with Crippen molar-refractivity contribution in [1.82, 2.24) is 0 Å². The third-order valence-corrected chi connectivity index (χ3v) is 4.18. The molecule has 0 aliphatic heterocycles. The number of hydrogen-bond acceptors (Lipinski definition) is 5. The monoisotopic (exact) mass is 386 g/mol. The largest absolute Gasteiger partial charge is 0.493 e. The Hall–Kier alpha value is -3.15. The van der Waals surface area contributed by atoms with E-state index in [-0.39, 0.29) is 5.57 Å². The molecule has 0 heterocycles. The Morgan fingerprint density at radius 2 is 1.57 bits per heavy atom. The molecule has 2 aromatic carbocycles. The minimum atomic E-state index is -1.05. The Kier molecular flexibility index (Phi) is 7.75. The number of rotatable bonds is 10. The number of unbranched alkanes of at least 4 members (excludes halogenated alkanes) is 1. The number of carboxylic acids is 1. The minimum Gasteiger partial charge on any atom is -0.493 e. The maximum Gasteiger partial charge on any atom is 0.336 e. The quantitative estimate of drug-likeness (QED) is 0.368. The summed E-state index contributed by atoms with van der Waals surface area (Å²) in [7, 11) is 4.59. The Balaban J connectivity index is 2.40. The second-order valence-corrected chi connectivity index (χ2v) is 6.05. The van der Waals surface area contributed by atoms with Crippen molar-refractivity contribution >= 4 is 17.6 Å². The van der Waals surface area contributed by atoms with Crippen LogP contribution in [0.2, 0.25) is 0 Å². The average molecular weight is 386 g/mol. The highest BCUT2D eigenvalue weighted by atomic mass is 16.5.